The van der Waals surface area contributed by atoms with Crippen LogP contribution in [0.1, 0.15) is 75.3 Å². The standard InChI is InChI=1S/C27H33FN4.2C2H6/c1-17(2)23-14-18(3)7-8-25(23)29-16-21-13-19(4)15-24-20(5)31(6)27(30-26(21)24)32-11-9-22(28)10-12-32;2*1-2/h7-8,13-15,22,29H,1,5,9-12,16H2,2-4,6H3;2*1-2H3. The highest BCUT2D eigenvalue weighted by Crippen LogP contribution is 2.38. The molecule has 196 valence electrons. The van der Waals surface area contributed by atoms with E-state index in [4.69, 9.17) is 4.99 Å². The molecule has 2 aliphatic heterocycles. The van der Waals surface area contributed by atoms with Gasteiger partial charge >= 0.3 is 0 Å². The summed E-state index contributed by atoms with van der Waals surface area (Å²) in [7, 11) is 2.00. The fraction of sp³-hybridized carbons (Fsp3) is 0.452. The van der Waals surface area contributed by atoms with Crippen molar-refractivity contribution in [2.75, 3.05) is 25.5 Å². The third kappa shape index (κ3) is 6.57. The number of hydrogen-bond acceptors (Lipinski definition) is 4. The third-order valence-corrected chi connectivity index (χ3v) is 6.37. The van der Waals surface area contributed by atoms with Crippen molar-refractivity contribution >= 4 is 28.6 Å². The molecule has 0 radical (unpaired) electrons. The highest BCUT2D eigenvalue weighted by molar-refractivity contribution is 5.97. The minimum atomic E-state index is -0.712. The van der Waals surface area contributed by atoms with Crippen LogP contribution in [0.15, 0.2) is 48.5 Å². The van der Waals surface area contributed by atoms with Gasteiger partial charge in [-0.2, -0.15) is 0 Å². The Morgan fingerprint density at radius 1 is 1.06 bits per heavy atom. The first-order chi connectivity index (χ1) is 17.2. The molecule has 0 atom stereocenters. The Bertz CT molecular complexity index is 1090. The summed E-state index contributed by atoms with van der Waals surface area (Å²) < 4.78 is 13.7. The number of fused-ring (bicyclic) bond motifs is 1. The monoisotopic (exact) mass is 492 g/mol. The van der Waals surface area contributed by atoms with Gasteiger partial charge in [0.25, 0.3) is 0 Å². The quantitative estimate of drug-likeness (QED) is 0.465. The molecule has 2 aromatic carbocycles. The normalized spacial score (nSPS) is 15.1. The Labute approximate surface area is 218 Å². The van der Waals surface area contributed by atoms with Crippen molar-refractivity contribution in [3.63, 3.8) is 0 Å². The molecule has 1 saturated heterocycles. The number of nitrogens with zero attached hydrogens (tertiary/aromatic N) is 3. The van der Waals surface area contributed by atoms with E-state index in [0.29, 0.717) is 32.5 Å². The van der Waals surface area contributed by atoms with Crippen molar-refractivity contribution in [3.05, 3.63) is 71.3 Å². The van der Waals surface area contributed by atoms with Gasteiger partial charge in [-0.15, -0.1) is 0 Å². The number of anilines is 1. The highest BCUT2D eigenvalue weighted by atomic mass is 19.1. The minimum Gasteiger partial charge on any atom is -0.380 e. The summed E-state index contributed by atoms with van der Waals surface area (Å²) in [5, 5.41) is 3.61. The van der Waals surface area contributed by atoms with Gasteiger partial charge in [0.15, 0.2) is 0 Å². The van der Waals surface area contributed by atoms with Gasteiger partial charge in [-0.1, -0.05) is 58.5 Å². The van der Waals surface area contributed by atoms with Crippen LogP contribution in [-0.4, -0.2) is 42.1 Å². The SMILES string of the molecule is C=C(C)c1cc(C)ccc1NCc1cc(C)cc2c1N=C(N1CCC(F)CC1)N(C)C2=C.CC.CC. The number of piperidine rings is 1. The molecule has 0 aromatic heterocycles. The number of hydrogen-bond donors (Lipinski definition) is 1. The number of allylic oxidation sites excluding steroid dienone is 1. The van der Waals surface area contributed by atoms with Gasteiger partial charge in [0.2, 0.25) is 5.96 Å². The lowest BCUT2D eigenvalue weighted by atomic mass is 9.98. The molecule has 4 nitrogen and oxygen atoms in total. The van der Waals surface area contributed by atoms with Gasteiger partial charge in [0, 0.05) is 49.2 Å². The second kappa shape index (κ2) is 13.3. The van der Waals surface area contributed by atoms with Crippen molar-refractivity contribution in [3.8, 4) is 0 Å². The van der Waals surface area contributed by atoms with Gasteiger partial charge < -0.3 is 15.1 Å². The molecule has 0 unspecified atom stereocenters. The Morgan fingerprint density at radius 3 is 2.31 bits per heavy atom. The topological polar surface area (TPSA) is 30.9 Å². The predicted octanol–water partition coefficient (Wildman–Crippen LogP) is 8.34. The molecule has 2 aliphatic rings. The van der Waals surface area contributed by atoms with Gasteiger partial charge in [0.1, 0.15) is 6.17 Å². The Morgan fingerprint density at radius 2 is 1.69 bits per heavy atom. The van der Waals surface area contributed by atoms with E-state index in [2.05, 4.69) is 67.6 Å². The first kappa shape index (κ1) is 29.2. The highest BCUT2D eigenvalue weighted by Gasteiger charge is 2.29. The molecule has 0 amide bonds. The maximum absolute atomic E-state index is 13.7. The first-order valence-corrected chi connectivity index (χ1v) is 13.3. The average molecular weight is 493 g/mol. The van der Waals surface area contributed by atoms with Crippen LogP contribution in [0.2, 0.25) is 0 Å². The summed E-state index contributed by atoms with van der Waals surface area (Å²) in [6.07, 6.45) is 0.382. The van der Waals surface area contributed by atoms with E-state index in [1.807, 2.05) is 46.6 Å². The Balaban J connectivity index is 0.00000109. The molecule has 0 aliphatic carbocycles. The van der Waals surface area contributed by atoms with Crippen LogP contribution in [0.3, 0.4) is 0 Å². The second-order valence-corrected chi connectivity index (χ2v) is 9.08. The summed E-state index contributed by atoms with van der Waals surface area (Å²) in [4.78, 5) is 9.30. The fourth-order valence-corrected chi connectivity index (χ4v) is 4.50. The maximum atomic E-state index is 13.7. The summed E-state index contributed by atoms with van der Waals surface area (Å²) in [5.74, 6) is 0.859. The number of aryl methyl sites for hydroxylation is 2. The summed E-state index contributed by atoms with van der Waals surface area (Å²) in [6, 6.07) is 10.7. The summed E-state index contributed by atoms with van der Waals surface area (Å²) in [6.45, 7) is 24.7. The lowest BCUT2D eigenvalue weighted by Gasteiger charge is -2.39. The van der Waals surface area contributed by atoms with Crippen molar-refractivity contribution in [1.29, 1.82) is 0 Å². The van der Waals surface area contributed by atoms with Gasteiger partial charge in [-0.05, 0) is 68.5 Å². The van der Waals surface area contributed by atoms with Crippen molar-refractivity contribution in [2.24, 2.45) is 4.99 Å². The molecule has 0 bridgehead atoms. The molecular weight excluding hydrogens is 447 g/mol. The molecule has 36 heavy (non-hydrogen) atoms. The molecule has 2 aromatic rings. The summed E-state index contributed by atoms with van der Waals surface area (Å²) >= 11 is 0. The van der Waals surface area contributed by atoms with Gasteiger partial charge in [-0.25, -0.2) is 9.38 Å². The molecule has 5 heteroatoms. The number of benzene rings is 2. The lowest BCUT2D eigenvalue weighted by Crippen LogP contribution is -2.46. The number of alkyl halides is 1. The van der Waals surface area contributed by atoms with Crippen LogP contribution >= 0.6 is 0 Å². The molecule has 4 rings (SSSR count). The van der Waals surface area contributed by atoms with E-state index < -0.39 is 6.17 Å². The van der Waals surface area contributed by atoms with E-state index >= 15 is 0 Å². The maximum Gasteiger partial charge on any atom is 0.206 e. The van der Waals surface area contributed by atoms with Crippen molar-refractivity contribution < 1.29 is 4.39 Å². The first-order valence-electron chi connectivity index (χ1n) is 13.3. The smallest absolute Gasteiger partial charge is 0.206 e. The van der Waals surface area contributed by atoms with Crippen LogP contribution in [0.5, 0.6) is 0 Å². The number of likely N-dealkylation sites (tertiary alicyclic amines) is 1. The number of halogens is 1. The van der Waals surface area contributed by atoms with Crippen LogP contribution in [0.25, 0.3) is 11.3 Å². The number of nitrogens with one attached hydrogen (secondary N) is 1. The largest absolute Gasteiger partial charge is 0.380 e. The van der Waals surface area contributed by atoms with E-state index in [0.717, 1.165) is 45.3 Å². The van der Waals surface area contributed by atoms with Gasteiger partial charge in [-0.3, -0.25) is 0 Å². The van der Waals surface area contributed by atoms with Crippen molar-refractivity contribution in [1.82, 2.24) is 9.80 Å². The van der Waals surface area contributed by atoms with E-state index in [1.165, 1.54) is 11.1 Å². The zero-order valence-corrected chi connectivity index (χ0v) is 23.6. The minimum absolute atomic E-state index is 0.547. The van der Waals surface area contributed by atoms with Crippen LogP contribution in [0.4, 0.5) is 15.8 Å². The Hall–Kier alpha value is -3.08. The third-order valence-electron chi connectivity index (χ3n) is 6.37. The van der Waals surface area contributed by atoms with E-state index in [-0.39, 0.29) is 0 Å². The number of rotatable bonds is 4. The molecule has 1 fully saturated rings. The lowest BCUT2D eigenvalue weighted by molar-refractivity contribution is 0.196. The predicted molar refractivity (Wildman–Crippen MR) is 157 cm³/mol. The fourth-order valence-electron chi connectivity index (χ4n) is 4.50. The van der Waals surface area contributed by atoms with Crippen LogP contribution < -0.4 is 5.32 Å². The average Bonchev–Trinajstić information content (AvgIpc) is 2.88. The van der Waals surface area contributed by atoms with Crippen molar-refractivity contribution in [2.45, 2.75) is 74.0 Å². The molecule has 0 spiro atoms. The molecule has 0 saturated carbocycles. The summed E-state index contributed by atoms with van der Waals surface area (Å²) in [5.41, 5.74) is 9.69. The zero-order chi connectivity index (χ0) is 27.0. The zero-order valence-electron chi connectivity index (χ0n) is 23.6. The molecule has 2 heterocycles. The molecular formula is C31H45FN4. The van der Waals surface area contributed by atoms with E-state index in [1.54, 1.807) is 0 Å². The van der Waals surface area contributed by atoms with Gasteiger partial charge in [0.05, 0.1) is 5.69 Å². The number of guanidine groups is 1. The second-order valence-electron chi connectivity index (χ2n) is 9.08. The van der Waals surface area contributed by atoms with Crippen LogP contribution in [-0.2, 0) is 6.54 Å². The van der Waals surface area contributed by atoms with Crippen LogP contribution in [0, 0.1) is 13.8 Å². The number of aliphatic imine (C=N–C) groups is 1. The molecule has 1 N–H and O–H groups in total. The Kier molecular flexibility index (Phi) is 10.8. The van der Waals surface area contributed by atoms with E-state index in [9.17, 15) is 4.39 Å².